The number of sulfonamides is 1. The zero-order valence-electron chi connectivity index (χ0n) is 19.2. The number of amides is 1. The number of ether oxygens (including phenoxy) is 2. The fourth-order valence-corrected chi connectivity index (χ4v) is 4.69. The molecule has 0 spiro atoms. The summed E-state index contributed by atoms with van der Waals surface area (Å²) in [7, 11) is -3.73. The fourth-order valence-electron chi connectivity index (χ4n) is 3.21. The highest BCUT2D eigenvalue weighted by Gasteiger charge is 2.24. The number of halogens is 1. The summed E-state index contributed by atoms with van der Waals surface area (Å²) in [5, 5.41) is 2.67. The van der Waals surface area contributed by atoms with Crippen molar-refractivity contribution >= 4 is 21.6 Å². The number of nitrogens with one attached hydrogen (secondary N) is 1. The first-order valence-corrected chi connectivity index (χ1v) is 12.3. The molecule has 0 fully saturated rings. The molecule has 3 aromatic rings. The second kappa shape index (κ2) is 11.2. The highest BCUT2D eigenvalue weighted by molar-refractivity contribution is 7.89. The molecule has 8 nitrogen and oxygen atoms in total. The van der Waals surface area contributed by atoms with Crippen molar-refractivity contribution < 1.29 is 31.5 Å². The summed E-state index contributed by atoms with van der Waals surface area (Å²) in [5.74, 6) is 0.239. The van der Waals surface area contributed by atoms with Crippen LogP contribution in [0.3, 0.4) is 0 Å². The maximum atomic E-state index is 13.0. The maximum Gasteiger partial charge on any atom is 0.291 e. The van der Waals surface area contributed by atoms with Gasteiger partial charge in [-0.05, 0) is 61.5 Å². The van der Waals surface area contributed by atoms with Crippen molar-refractivity contribution in [1.29, 1.82) is 0 Å². The molecule has 34 heavy (non-hydrogen) atoms. The number of furan rings is 1. The van der Waals surface area contributed by atoms with E-state index >= 15 is 0 Å². The van der Waals surface area contributed by atoms with E-state index in [-0.39, 0.29) is 28.8 Å². The van der Waals surface area contributed by atoms with Crippen LogP contribution >= 0.6 is 0 Å². The van der Waals surface area contributed by atoms with E-state index in [1.165, 1.54) is 52.8 Å². The summed E-state index contributed by atoms with van der Waals surface area (Å²) in [6.07, 6.45) is 0. The highest BCUT2D eigenvalue weighted by atomic mass is 32.2. The minimum absolute atomic E-state index is 0.0113. The number of carbonyl (C=O) groups is 1. The maximum absolute atomic E-state index is 13.0. The molecule has 0 radical (unpaired) electrons. The van der Waals surface area contributed by atoms with Gasteiger partial charge in [0.25, 0.3) is 5.91 Å². The van der Waals surface area contributed by atoms with Crippen LogP contribution in [0.15, 0.2) is 63.9 Å². The molecule has 0 atom stereocenters. The summed E-state index contributed by atoms with van der Waals surface area (Å²) in [6, 6.07) is 12.9. The van der Waals surface area contributed by atoms with E-state index in [1.807, 2.05) is 0 Å². The lowest BCUT2D eigenvalue weighted by molar-refractivity contribution is 0.0992. The third kappa shape index (κ3) is 5.95. The van der Waals surface area contributed by atoms with Crippen LogP contribution < -0.4 is 14.8 Å². The van der Waals surface area contributed by atoms with E-state index in [4.69, 9.17) is 13.9 Å². The van der Waals surface area contributed by atoms with Crippen molar-refractivity contribution in [3.8, 4) is 11.5 Å². The lowest BCUT2D eigenvalue weighted by Crippen LogP contribution is -2.30. The minimum atomic E-state index is -3.73. The molecule has 0 aliphatic rings. The summed E-state index contributed by atoms with van der Waals surface area (Å²) in [4.78, 5) is 12.8. The molecule has 182 valence electrons. The Balaban J connectivity index is 1.77. The van der Waals surface area contributed by atoms with Gasteiger partial charge in [0.1, 0.15) is 29.7 Å². The molecule has 0 aliphatic heterocycles. The van der Waals surface area contributed by atoms with Gasteiger partial charge in [-0.1, -0.05) is 13.8 Å². The van der Waals surface area contributed by atoms with Gasteiger partial charge in [-0.15, -0.1) is 0 Å². The number of hydrogen-bond acceptors (Lipinski definition) is 6. The Morgan fingerprint density at radius 2 is 1.71 bits per heavy atom. The number of rotatable bonds is 11. The normalized spacial score (nSPS) is 11.4. The molecule has 1 N–H and O–H groups in total. The SMILES string of the molecule is CCOc1ccc(S(=O)(=O)N(CC)CC)cc1NC(=O)c1ccc(COc2ccc(F)cc2)o1. The number of nitrogens with zero attached hydrogens (tertiary/aromatic N) is 1. The topological polar surface area (TPSA) is 98.1 Å². The number of anilines is 1. The molecule has 10 heteroatoms. The molecular formula is C24H27FN2O6S. The molecule has 3 rings (SSSR count). The quantitative estimate of drug-likeness (QED) is 0.419. The van der Waals surface area contributed by atoms with Crippen molar-refractivity contribution in [2.24, 2.45) is 0 Å². The molecule has 1 heterocycles. The van der Waals surface area contributed by atoms with Gasteiger partial charge < -0.3 is 19.2 Å². The van der Waals surface area contributed by atoms with Crippen LogP contribution in [-0.4, -0.2) is 38.3 Å². The second-order valence-electron chi connectivity index (χ2n) is 7.14. The van der Waals surface area contributed by atoms with Gasteiger partial charge in [-0.25, -0.2) is 12.8 Å². The van der Waals surface area contributed by atoms with Gasteiger partial charge in [-0.2, -0.15) is 4.31 Å². The Hall–Kier alpha value is -3.37. The molecule has 0 unspecified atom stereocenters. The summed E-state index contributed by atoms with van der Waals surface area (Å²) in [6.45, 7) is 6.31. The monoisotopic (exact) mass is 490 g/mol. The van der Waals surface area contributed by atoms with Crippen LogP contribution in [0.4, 0.5) is 10.1 Å². The Morgan fingerprint density at radius 3 is 2.35 bits per heavy atom. The van der Waals surface area contributed by atoms with Crippen LogP contribution in [0, 0.1) is 5.82 Å². The largest absolute Gasteiger partial charge is 0.492 e. The molecule has 0 bridgehead atoms. The molecule has 2 aromatic carbocycles. The molecule has 0 saturated heterocycles. The third-order valence-electron chi connectivity index (χ3n) is 4.92. The Labute approximate surface area is 198 Å². The number of carbonyl (C=O) groups excluding carboxylic acids is 1. The van der Waals surface area contributed by atoms with Gasteiger partial charge in [0, 0.05) is 13.1 Å². The average molecular weight is 491 g/mol. The molecule has 1 amide bonds. The van der Waals surface area contributed by atoms with Crippen molar-refractivity contribution in [3.05, 3.63) is 71.9 Å². The van der Waals surface area contributed by atoms with Gasteiger partial charge >= 0.3 is 0 Å². The van der Waals surface area contributed by atoms with E-state index < -0.39 is 15.9 Å². The molecule has 0 aliphatic carbocycles. The predicted octanol–water partition coefficient (Wildman–Crippen LogP) is 4.68. The van der Waals surface area contributed by atoms with Crippen molar-refractivity contribution in [2.75, 3.05) is 25.0 Å². The van der Waals surface area contributed by atoms with Crippen LogP contribution in [0.2, 0.25) is 0 Å². The van der Waals surface area contributed by atoms with Crippen molar-refractivity contribution in [3.63, 3.8) is 0 Å². The third-order valence-corrected chi connectivity index (χ3v) is 6.97. The van der Waals surface area contributed by atoms with Crippen molar-refractivity contribution in [1.82, 2.24) is 4.31 Å². The van der Waals surface area contributed by atoms with Crippen LogP contribution in [0.25, 0.3) is 0 Å². The lowest BCUT2D eigenvalue weighted by Gasteiger charge is -2.19. The van der Waals surface area contributed by atoms with Crippen molar-refractivity contribution in [2.45, 2.75) is 32.3 Å². The van der Waals surface area contributed by atoms with Crippen LogP contribution in [0.5, 0.6) is 11.5 Å². The highest BCUT2D eigenvalue weighted by Crippen LogP contribution is 2.30. The van der Waals surface area contributed by atoms with E-state index in [0.717, 1.165) is 0 Å². The van der Waals surface area contributed by atoms with Gasteiger partial charge in [0.15, 0.2) is 5.76 Å². The first-order chi connectivity index (χ1) is 16.3. The Kier molecular flexibility index (Phi) is 8.30. The standard InChI is InChI=1S/C24H27FN2O6S/c1-4-27(5-2)34(29,30)20-12-14-22(31-6-3)21(15-20)26-24(28)23-13-11-19(33-23)16-32-18-9-7-17(25)8-10-18/h7-15H,4-6,16H2,1-3H3,(H,26,28). The zero-order chi connectivity index (χ0) is 24.7. The average Bonchev–Trinajstić information content (AvgIpc) is 3.30. The van der Waals surface area contributed by atoms with Gasteiger partial charge in [0.2, 0.25) is 10.0 Å². The van der Waals surface area contributed by atoms with Gasteiger partial charge in [0.05, 0.1) is 17.2 Å². The fraction of sp³-hybridized carbons (Fsp3) is 0.292. The molecule has 0 saturated carbocycles. The first kappa shape index (κ1) is 25.3. The van der Waals surface area contributed by atoms with Gasteiger partial charge in [-0.3, -0.25) is 4.79 Å². The van der Waals surface area contributed by atoms with E-state index in [0.29, 0.717) is 37.0 Å². The Morgan fingerprint density at radius 1 is 1.00 bits per heavy atom. The van der Waals surface area contributed by atoms with E-state index in [2.05, 4.69) is 5.32 Å². The number of hydrogen-bond donors (Lipinski definition) is 1. The summed E-state index contributed by atoms with van der Waals surface area (Å²) < 4.78 is 56.8. The predicted molar refractivity (Wildman–Crippen MR) is 125 cm³/mol. The van der Waals surface area contributed by atoms with E-state index in [9.17, 15) is 17.6 Å². The number of benzene rings is 2. The first-order valence-electron chi connectivity index (χ1n) is 10.8. The second-order valence-corrected chi connectivity index (χ2v) is 9.08. The zero-order valence-corrected chi connectivity index (χ0v) is 20.0. The summed E-state index contributed by atoms with van der Waals surface area (Å²) >= 11 is 0. The Bertz CT molecular complexity index is 1220. The minimum Gasteiger partial charge on any atom is -0.492 e. The smallest absolute Gasteiger partial charge is 0.291 e. The van der Waals surface area contributed by atoms with E-state index in [1.54, 1.807) is 26.8 Å². The lowest BCUT2D eigenvalue weighted by atomic mass is 10.2. The molecular weight excluding hydrogens is 463 g/mol. The van der Waals surface area contributed by atoms with Crippen LogP contribution in [0.1, 0.15) is 37.1 Å². The van der Waals surface area contributed by atoms with Crippen LogP contribution in [-0.2, 0) is 16.6 Å². The molecule has 1 aromatic heterocycles. The summed E-state index contributed by atoms with van der Waals surface area (Å²) in [5.41, 5.74) is 0.209.